The molecule has 0 saturated carbocycles. The summed E-state index contributed by atoms with van der Waals surface area (Å²) in [6, 6.07) is 21.8. The van der Waals surface area contributed by atoms with Gasteiger partial charge in [-0.2, -0.15) is 0 Å². The Hall–Kier alpha value is -2.73. The molecule has 138 valence electrons. The molecule has 0 aliphatic heterocycles. The maximum atomic E-state index is 13.4. The van der Waals surface area contributed by atoms with Crippen LogP contribution in [0, 0.1) is 17.4 Å². The van der Waals surface area contributed by atoms with Crippen molar-refractivity contribution in [3.8, 4) is 5.69 Å². The number of para-hydroxylation sites is 1. The Balaban J connectivity index is 2.00. The lowest BCUT2D eigenvalue weighted by Crippen LogP contribution is -2.23. The molecule has 0 unspecified atom stereocenters. The molecule has 3 aromatic carbocycles. The van der Waals surface area contributed by atoms with E-state index in [4.69, 9.17) is 4.98 Å². The fourth-order valence-corrected chi connectivity index (χ4v) is 3.76. The van der Waals surface area contributed by atoms with Gasteiger partial charge in [0.1, 0.15) is 5.82 Å². The van der Waals surface area contributed by atoms with Crippen molar-refractivity contribution in [1.82, 2.24) is 9.55 Å². The minimum atomic E-state index is -0.0535. The van der Waals surface area contributed by atoms with Gasteiger partial charge in [-0.1, -0.05) is 48.5 Å². The predicted molar refractivity (Wildman–Crippen MR) is 125 cm³/mol. The molecule has 3 nitrogen and oxygen atoms in total. The molecule has 4 rings (SSSR count). The Morgan fingerprint density at radius 2 is 1.61 bits per heavy atom. The summed E-state index contributed by atoms with van der Waals surface area (Å²) in [5.74, 6) is 0.622. The smallest absolute Gasteiger partial charge is 0.266 e. The molecule has 0 bridgehead atoms. The van der Waals surface area contributed by atoms with Crippen molar-refractivity contribution in [2.45, 2.75) is 13.8 Å². The molecule has 0 spiro atoms. The van der Waals surface area contributed by atoms with Crippen molar-refractivity contribution >= 4 is 45.6 Å². The third kappa shape index (κ3) is 3.52. The zero-order chi connectivity index (χ0) is 19.7. The molecule has 0 aliphatic rings. The standard InChI is InChI=1S/C24H19IN2O/c1-16-7-3-5-9-18(16)11-14-23-26-21-13-12-19(25)15-20(21)24(28)27(23)22-10-6-4-8-17(22)2/h3-15H,1-2H3/b14-11-. The average molecular weight is 478 g/mol. The van der Waals surface area contributed by atoms with E-state index in [1.807, 2.05) is 73.7 Å². The molecule has 0 amide bonds. The second-order valence-electron chi connectivity index (χ2n) is 6.75. The van der Waals surface area contributed by atoms with Crippen LogP contribution >= 0.6 is 22.6 Å². The van der Waals surface area contributed by atoms with Crippen LogP contribution in [0.3, 0.4) is 0 Å². The summed E-state index contributed by atoms with van der Waals surface area (Å²) in [6.45, 7) is 4.08. The molecule has 1 heterocycles. The first kappa shape index (κ1) is 18.6. The number of hydrogen-bond donors (Lipinski definition) is 0. The highest BCUT2D eigenvalue weighted by Crippen LogP contribution is 2.20. The molecule has 0 radical (unpaired) electrons. The molecule has 0 aliphatic carbocycles. The van der Waals surface area contributed by atoms with E-state index < -0.39 is 0 Å². The highest BCUT2D eigenvalue weighted by Gasteiger charge is 2.13. The Morgan fingerprint density at radius 3 is 2.36 bits per heavy atom. The number of rotatable bonds is 3. The molecule has 28 heavy (non-hydrogen) atoms. The van der Waals surface area contributed by atoms with E-state index in [0.29, 0.717) is 16.7 Å². The molecule has 0 N–H and O–H groups in total. The van der Waals surface area contributed by atoms with Crippen LogP contribution in [-0.2, 0) is 0 Å². The van der Waals surface area contributed by atoms with Crippen molar-refractivity contribution in [3.63, 3.8) is 0 Å². The van der Waals surface area contributed by atoms with Crippen LogP contribution in [0.15, 0.2) is 71.5 Å². The first-order chi connectivity index (χ1) is 13.5. The fourth-order valence-electron chi connectivity index (χ4n) is 3.27. The number of aryl methyl sites for hydroxylation is 2. The van der Waals surface area contributed by atoms with Gasteiger partial charge in [-0.25, -0.2) is 4.98 Å². The van der Waals surface area contributed by atoms with Crippen LogP contribution in [0.2, 0.25) is 0 Å². The molecule has 0 fully saturated rings. The van der Waals surface area contributed by atoms with Gasteiger partial charge in [-0.15, -0.1) is 0 Å². The third-order valence-corrected chi connectivity index (χ3v) is 5.48. The molecule has 4 heteroatoms. The monoisotopic (exact) mass is 478 g/mol. The minimum Gasteiger partial charge on any atom is -0.268 e. The van der Waals surface area contributed by atoms with Crippen molar-refractivity contribution < 1.29 is 0 Å². The topological polar surface area (TPSA) is 34.9 Å². The van der Waals surface area contributed by atoms with Crippen LogP contribution in [0.4, 0.5) is 0 Å². The van der Waals surface area contributed by atoms with Crippen molar-refractivity contribution in [2.75, 3.05) is 0 Å². The second kappa shape index (κ2) is 7.72. The molecule has 4 aromatic rings. The van der Waals surface area contributed by atoms with Gasteiger partial charge in [0.15, 0.2) is 0 Å². The maximum Gasteiger partial charge on any atom is 0.266 e. The largest absolute Gasteiger partial charge is 0.268 e. The van der Waals surface area contributed by atoms with E-state index in [9.17, 15) is 4.79 Å². The highest BCUT2D eigenvalue weighted by molar-refractivity contribution is 14.1. The van der Waals surface area contributed by atoms with Crippen LogP contribution in [0.25, 0.3) is 28.7 Å². The summed E-state index contributed by atoms with van der Waals surface area (Å²) in [4.78, 5) is 18.2. The fraction of sp³-hybridized carbons (Fsp3) is 0.0833. The quantitative estimate of drug-likeness (QED) is 0.350. The average Bonchev–Trinajstić information content (AvgIpc) is 2.69. The summed E-state index contributed by atoms with van der Waals surface area (Å²) >= 11 is 2.22. The molecule has 0 atom stereocenters. The summed E-state index contributed by atoms with van der Waals surface area (Å²) < 4.78 is 2.73. The Morgan fingerprint density at radius 1 is 0.893 bits per heavy atom. The van der Waals surface area contributed by atoms with Gasteiger partial charge in [-0.05, 0) is 83.5 Å². The number of aromatic nitrogens is 2. The first-order valence-corrected chi connectivity index (χ1v) is 10.1. The van der Waals surface area contributed by atoms with Gasteiger partial charge in [0.2, 0.25) is 0 Å². The normalized spacial score (nSPS) is 11.4. The van der Waals surface area contributed by atoms with Crippen molar-refractivity contribution in [3.05, 3.63) is 103 Å². The Bertz CT molecular complexity index is 1270. The lowest BCUT2D eigenvalue weighted by molar-refractivity contribution is 0.934. The molecular weight excluding hydrogens is 459 g/mol. The summed E-state index contributed by atoms with van der Waals surface area (Å²) in [5, 5.41) is 0.628. The van der Waals surface area contributed by atoms with Gasteiger partial charge < -0.3 is 0 Å². The van der Waals surface area contributed by atoms with Gasteiger partial charge >= 0.3 is 0 Å². The zero-order valence-corrected chi connectivity index (χ0v) is 17.8. The minimum absolute atomic E-state index is 0.0535. The Labute approximate surface area is 177 Å². The van der Waals surface area contributed by atoms with E-state index in [1.165, 1.54) is 5.56 Å². The van der Waals surface area contributed by atoms with E-state index in [1.54, 1.807) is 4.57 Å². The van der Waals surface area contributed by atoms with Crippen LogP contribution in [-0.4, -0.2) is 9.55 Å². The summed E-state index contributed by atoms with van der Waals surface area (Å²) in [5.41, 5.74) is 4.82. The second-order valence-corrected chi connectivity index (χ2v) is 7.99. The summed E-state index contributed by atoms with van der Waals surface area (Å²) in [6.07, 6.45) is 3.94. The van der Waals surface area contributed by atoms with Crippen LogP contribution < -0.4 is 5.56 Å². The number of halogens is 1. The number of fused-ring (bicyclic) bond motifs is 1. The molecule has 0 saturated heterocycles. The summed E-state index contributed by atoms with van der Waals surface area (Å²) in [7, 11) is 0. The third-order valence-electron chi connectivity index (χ3n) is 4.81. The van der Waals surface area contributed by atoms with Gasteiger partial charge in [0.05, 0.1) is 16.6 Å². The van der Waals surface area contributed by atoms with Gasteiger partial charge in [0, 0.05) is 3.57 Å². The van der Waals surface area contributed by atoms with Crippen LogP contribution in [0.5, 0.6) is 0 Å². The Kier molecular flexibility index (Phi) is 5.13. The molecular formula is C24H19IN2O. The van der Waals surface area contributed by atoms with Crippen molar-refractivity contribution in [2.24, 2.45) is 0 Å². The SMILES string of the molecule is Cc1ccccc1/C=C\c1nc2ccc(I)cc2c(=O)n1-c1ccccc1C. The van der Waals surface area contributed by atoms with Gasteiger partial charge in [0.25, 0.3) is 5.56 Å². The molecule has 1 aromatic heterocycles. The first-order valence-electron chi connectivity index (χ1n) is 9.06. The van der Waals surface area contributed by atoms with Gasteiger partial charge in [-0.3, -0.25) is 9.36 Å². The van der Waals surface area contributed by atoms with Crippen LogP contribution in [0.1, 0.15) is 22.5 Å². The lowest BCUT2D eigenvalue weighted by Gasteiger charge is -2.14. The zero-order valence-electron chi connectivity index (χ0n) is 15.7. The van der Waals surface area contributed by atoms with E-state index >= 15 is 0 Å². The van der Waals surface area contributed by atoms with E-state index in [2.05, 4.69) is 41.6 Å². The lowest BCUT2D eigenvalue weighted by atomic mass is 10.1. The number of nitrogens with zero attached hydrogens (tertiary/aromatic N) is 2. The van der Waals surface area contributed by atoms with E-state index in [-0.39, 0.29) is 5.56 Å². The predicted octanol–water partition coefficient (Wildman–Crippen LogP) is 5.78. The maximum absolute atomic E-state index is 13.4. The highest BCUT2D eigenvalue weighted by atomic mass is 127. The number of hydrogen-bond acceptors (Lipinski definition) is 2. The number of benzene rings is 3. The van der Waals surface area contributed by atoms with E-state index in [0.717, 1.165) is 20.4 Å². The van der Waals surface area contributed by atoms with Crippen molar-refractivity contribution in [1.29, 1.82) is 0 Å².